The highest BCUT2D eigenvalue weighted by molar-refractivity contribution is 7.15. The molecule has 1 N–H and O–H groups in total. The van der Waals surface area contributed by atoms with Gasteiger partial charge in [-0.3, -0.25) is 4.79 Å². The van der Waals surface area contributed by atoms with E-state index in [1.165, 1.54) is 10.4 Å². The summed E-state index contributed by atoms with van der Waals surface area (Å²) in [5.41, 5.74) is 4.09. The molecule has 1 aromatic carbocycles. The smallest absolute Gasteiger partial charge is 0.152 e. The fourth-order valence-corrected chi connectivity index (χ4v) is 3.57. The zero-order chi connectivity index (χ0) is 14.1. The van der Waals surface area contributed by atoms with Gasteiger partial charge in [0.2, 0.25) is 0 Å². The van der Waals surface area contributed by atoms with Crippen LogP contribution in [0.5, 0.6) is 0 Å². The minimum Gasteiger partial charge on any atom is -0.353 e. The lowest BCUT2D eigenvalue weighted by Gasteiger charge is -1.97. The van der Waals surface area contributed by atoms with E-state index in [1.807, 2.05) is 12.1 Å². The van der Waals surface area contributed by atoms with Crippen LogP contribution in [0.25, 0.3) is 21.5 Å². The number of carbonyl (C=O) groups excluding carboxylic acids is 1. The second-order valence-corrected chi connectivity index (χ2v) is 6.01. The number of benzene rings is 1. The Morgan fingerprint density at radius 2 is 2.00 bits per heavy atom. The van der Waals surface area contributed by atoms with E-state index in [-0.39, 0.29) is 0 Å². The van der Waals surface area contributed by atoms with Crippen LogP contribution >= 0.6 is 11.3 Å². The van der Waals surface area contributed by atoms with Gasteiger partial charge >= 0.3 is 0 Å². The molecular weight excluding hydrogens is 266 g/mol. The van der Waals surface area contributed by atoms with E-state index >= 15 is 0 Å². The third-order valence-electron chi connectivity index (χ3n) is 3.72. The summed E-state index contributed by atoms with van der Waals surface area (Å²) in [5.74, 6) is 0. The Kier molecular flexibility index (Phi) is 3.45. The Hall–Kier alpha value is -1.87. The molecule has 0 aliphatic rings. The first-order chi connectivity index (χ1) is 9.78. The van der Waals surface area contributed by atoms with E-state index in [0.717, 1.165) is 46.2 Å². The van der Waals surface area contributed by atoms with Crippen molar-refractivity contribution >= 4 is 28.5 Å². The number of rotatable bonds is 4. The number of H-pyrrole nitrogens is 1. The predicted octanol–water partition coefficient (Wildman–Crippen LogP) is 4.83. The highest BCUT2D eigenvalue weighted by atomic mass is 32.1. The van der Waals surface area contributed by atoms with E-state index in [1.54, 1.807) is 11.3 Å². The molecule has 0 spiro atoms. The molecule has 0 saturated heterocycles. The number of aldehydes is 1. The lowest BCUT2D eigenvalue weighted by Crippen LogP contribution is -1.82. The summed E-state index contributed by atoms with van der Waals surface area (Å²) in [5, 5.41) is 1.03. The molecule has 2 heterocycles. The lowest BCUT2D eigenvalue weighted by molar-refractivity contribution is 0.112. The van der Waals surface area contributed by atoms with Gasteiger partial charge in [-0.2, -0.15) is 0 Å². The van der Waals surface area contributed by atoms with Gasteiger partial charge in [0, 0.05) is 21.3 Å². The summed E-state index contributed by atoms with van der Waals surface area (Å²) in [6.45, 7) is 4.28. The molecule has 20 heavy (non-hydrogen) atoms. The number of fused-ring (bicyclic) bond motifs is 1. The molecule has 0 aliphatic carbocycles. The second kappa shape index (κ2) is 5.25. The number of hydrogen-bond acceptors (Lipinski definition) is 2. The zero-order valence-corrected chi connectivity index (χ0v) is 12.5. The van der Waals surface area contributed by atoms with Crippen molar-refractivity contribution in [3.8, 4) is 10.6 Å². The number of hydrogen-bond donors (Lipinski definition) is 1. The molecule has 3 aromatic rings. The molecule has 0 aliphatic heterocycles. The Morgan fingerprint density at radius 3 is 2.65 bits per heavy atom. The molecule has 0 bridgehead atoms. The molecule has 2 aromatic heterocycles. The number of thiophene rings is 1. The Morgan fingerprint density at radius 1 is 1.15 bits per heavy atom. The van der Waals surface area contributed by atoms with Gasteiger partial charge < -0.3 is 4.98 Å². The molecule has 3 heteroatoms. The normalized spacial score (nSPS) is 11.1. The summed E-state index contributed by atoms with van der Waals surface area (Å²) in [6.07, 6.45) is 2.96. The van der Waals surface area contributed by atoms with Crippen molar-refractivity contribution < 1.29 is 4.79 Å². The van der Waals surface area contributed by atoms with Crippen LogP contribution in [0.2, 0.25) is 0 Å². The van der Waals surface area contributed by atoms with Gasteiger partial charge in [0.15, 0.2) is 6.29 Å². The summed E-state index contributed by atoms with van der Waals surface area (Å²) in [6, 6.07) is 10.4. The molecular formula is C17H17NOS. The van der Waals surface area contributed by atoms with Crippen LogP contribution in [0.4, 0.5) is 0 Å². The second-order valence-electron chi connectivity index (χ2n) is 4.84. The van der Waals surface area contributed by atoms with E-state index in [2.05, 4.69) is 37.0 Å². The van der Waals surface area contributed by atoms with E-state index in [9.17, 15) is 4.79 Å². The molecule has 102 valence electrons. The maximum atomic E-state index is 11.5. The Bertz CT molecular complexity index is 766. The number of para-hydroxylation sites is 1. The monoisotopic (exact) mass is 283 g/mol. The molecule has 0 amide bonds. The average Bonchev–Trinajstić information content (AvgIpc) is 3.10. The minimum atomic E-state index is 0.778. The first kappa shape index (κ1) is 13.1. The highest BCUT2D eigenvalue weighted by Crippen LogP contribution is 2.34. The van der Waals surface area contributed by atoms with E-state index < -0.39 is 0 Å². The fraction of sp³-hybridized carbons (Fsp3) is 0.235. The van der Waals surface area contributed by atoms with Gasteiger partial charge in [-0.05, 0) is 30.5 Å². The van der Waals surface area contributed by atoms with Gasteiger partial charge in [0.05, 0.1) is 10.6 Å². The quantitative estimate of drug-likeness (QED) is 0.683. The van der Waals surface area contributed by atoms with Crippen LogP contribution < -0.4 is 0 Å². The minimum absolute atomic E-state index is 0.778. The third kappa shape index (κ3) is 1.98. The summed E-state index contributed by atoms with van der Waals surface area (Å²) in [7, 11) is 0. The van der Waals surface area contributed by atoms with Crippen molar-refractivity contribution in [1.82, 2.24) is 4.98 Å². The van der Waals surface area contributed by atoms with Crippen LogP contribution in [0.15, 0.2) is 30.3 Å². The Labute approximate surface area is 122 Å². The number of aryl methyl sites for hydroxylation is 2. The third-order valence-corrected chi connectivity index (χ3v) is 4.96. The van der Waals surface area contributed by atoms with E-state index in [4.69, 9.17) is 0 Å². The SMILES string of the molecule is CCc1ccc(-c2[nH]c3c(CC)cccc3c2C=O)s1. The number of aromatic amines is 1. The van der Waals surface area contributed by atoms with Crippen molar-refractivity contribution in [2.75, 3.05) is 0 Å². The average molecular weight is 283 g/mol. The predicted molar refractivity (Wildman–Crippen MR) is 85.8 cm³/mol. The zero-order valence-electron chi connectivity index (χ0n) is 11.7. The van der Waals surface area contributed by atoms with Crippen molar-refractivity contribution in [3.05, 3.63) is 46.3 Å². The first-order valence-electron chi connectivity index (χ1n) is 6.96. The van der Waals surface area contributed by atoms with Crippen molar-refractivity contribution in [1.29, 1.82) is 0 Å². The van der Waals surface area contributed by atoms with Crippen molar-refractivity contribution in [2.45, 2.75) is 26.7 Å². The maximum Gasteiger partial charge on any atom is 0.152 e. The van der Waals surface area contributed by atoms with Gasteiger partial charge in [-0.15, -0.1) is 11.3 Å². The molecule has 2 nitrogen and oxygen atoms in total. The van der Waals surface area contributed by atoms with Crippen LogP contribution in [0.1, 0.15) is 34.6 Å². The van der Waals surface area contributed by atoms with Crippen molar-refractivity contribution in [2.24, 2.45) is 0 Å². The highest BCUT2D eigenvalue weighted by Gasteiger charge is 2.15. The molecule has 0 atom stereocenters. The molecule has 0 fully saturated rings. The van der Waals surface area contributed by atoms with E-state index in [0.29, 0.717) is 0 Å². The lowest BCUT2D eigenvalue weighted by atomic mass is 10.1. The van der Waals surface area contributed by atoms with Gasteiger partial charge in [-0.1, -0.05) is 32.0 Å². The number of carbonyl (C=O) groups is 1. The molecule has 3 rings (SSSR count). The van der Waals surface area contributed by atoms with Gasteiger partial charge in [0.25, 0.3) is 0 Å². The van der Waals surface area contributed by atoms with Crippen LogP contribution in [-0.4, -0.2) is 11.3 Å². The topological polar surface area (TPSA) is 32.9 Å². The number of nitrogens with one attached hydrogen (secondary N) is 1. The number of aromatic nitrogens is 1. The van der Waals surface area contributed by atoms with Crippen LogP contribution in [0.3, 0.4) is 0 Å². The summed E-state index contributed by atoms with van der Waals surface area (Å²) in [4.78, 5) is 17.5. The van der Waals surface area contributed by atoms with Gasteiger partial charge in [-0.25, -0.2) is 0 Å². The van der Waals surface area contributed by atoms with Crippen LogP contribution in [0, 0.1) is 0 Å². The van der Waals surface area contributed by atoms with Gasteiger partial charge in [0.1, 0.15) is 0 Å². The largest absolute Gasteiger partial charge is 0.353 e. The fourth-order valence-electron chi connectivity index (χ4n) is 2.61. The molecule has 0 radical (unpaired) electrons. The molecule has 0 unspecified atom stereocenters. The van der Waals surface area contributed by atoms with Crippen molar-refractivity contribution in [3.63, 3.8) is 0 Å². The first-order valence-corrected chi connectivity index (χ1v) is 7.78. The van der Waals surface area contributed by atoms with Crippen LogP contribution in [-0.2, 0) is 12.8 Å². The molecule has 0 saturated carbocycles. The summed E-state index contributed by atoms with van der Waals surface area (Å²) < 4.78 is 0. The Balaban J connectivity index is 2.27. The maximum absolute atomic E-state index is 11.5. The standard InChI is InChI=1S/C17H17NOS/c1-3-11-6-5-7-13-14(10-19)17(18-16(11)13)15-9-8-12(4-2)20-15/h5-10,18H,3-4H2,1-2H3. The summed E-state index contributed by atoms with van der Waals surface area (Å²) >= 11 is 1.75.